The number of carbonyl (C=O) groups is 1. The van der Waals surface area contributed by atoms with Crippen molar-refractivity contribution >= 4 is 44.8 Å². The maximum Gasteiger partial charge on any atom is 0.256 e. The maximum atomic E-state index is 12.1. The smallest absolute Gasteiger partial charge is 0.256 e. The van der Waals surface area contributed by atoms with E-state index in [4.69, 9.17) is 17.3 Å². The number of benzene rings is 1. The summed E-state index contributed by atoms with van der Waals surface area (Å²) >= 11 is 9.21. The standard InChI is InChI=1S/C12H9BrClN3O/c13-11-7(2-1-3-9(11)15)12(18)17-10-6-16-5-4-8(10)14/h1-6H,15H2,(H,17,18). The highest BCUT2D eigenvalue weighted by Crippen LogP contribution is 2.26. The van der Waals surface area contributed by atoms with E-state index in [0.717, 1.165) is 0 Å². The van der Waals surface area contributed by atoms with Crippen LogP contribution in [0.25, 0.3) is 0 Å². The molecule has 0 atom stereocenters. The Kier molecular flexibility index (Phi) is 3.84. The zero-order valence-corrected chi connectivity index (χ0v) is 11.5. The van der Waals surface area contributed by atoms with Gasteiger partial charge in [0.15, 0.2) is 0 Å². The molecule has 2 aromatic rings. The highest BCUT2D eigenvalue weighted by Gasteiger charge is 2.13. The predicted molar refractivity (Wildman–Crippen MR) is 75.8 cm³/mol. The summed E-state index contributed by atoms with van der Waals surface area (Å²) in [5, 5.41) is 3.10. The lowest BCUT2D eigenvalue weighted by Crippen LogP contribution is -2.13. The van der Waals surface area contributed by atoms with E-state index in [1.807, 2.05) is 0 Å². The van der Waals surface area contributed by atoms with Gasteiger partial charge in [-0.25, -0.2) is 0 Å². The summed E-state index contributed by atoms with van der Waals surface area (Å²) in [4.78, 5) is 16.0. The molecule has 3 N–H and O–H groups in total. The molecule has 1 heterocycles. The zero-order valence-electron chi connectivity index (χ0n) is 9.15. The van der Waals surface area contributed by atoms with Crippen LogP contribution in [0.4, 0.5) is 11.4 Å². The zero-order chi connectivity index (χ0) is 13.1. The SMILES string of the molecule is Nc1cccc(C(=O)Nc2cnccc2Cl)c1Br. The minimum Gasteiger partial charge on any atom is -0.398 e. The lowest BCUT2D eigenvalue weighted by Gasteiger charge is -2.09. The van der Waals surface area contributed by atoms with Crippen LogP contribution in [-0.2, 0) is 0 Å². The number of halogens is 2. The monoisotopic (exact) mass is 325 g/mol. The maximum absolute atomic E-state index is 12.1. The quantitative estimate of drug-likeness (QED) is 0.832. The first-order valence-corrected chi connectivity index (χ1v) is 6.21. The van der Waals surface area contributed by atoms with Gasteiger partial charge in [-0.2, -0.15) is 0 Å². The van der Waals surface area contributed by atoms with Crippen molar-refractivity contribution in [1.82, 2.24) is 4.98 Å². The van der Waals surface area contributed by atoms with Crippen LogP contribution in [0.3, 0.4) is 0 Å². The van der Waals surface area contributed by atoms with Gasteiger partial charge in [-0.1, -0.05) is 17.7 Å². The van der Waals surface area contributed by atoms with Crippen molar-refractivity contribution in [1.29, 1.82) is 0 Å². The summed E-state index contributed by atoms with van der Waals surface area (Å²) in [7, 11) is 0. The van der Waals surface area contributed by atoms with Gasteiger partial charge in [0.1, 0.15) is 0 Å². The summed E-state index contributed by atoms with van der Waals surface area (Å²) in [5.41, 5.74) is 7.11. The number of aromatic nitrogens is 1. The molecule has 0 saturated carbocycles. The van der Waals surface area contributed by atoms with E-state index in [9.17, 15) is 4.79 Å². The van der Waals surface area contributed by atoms with Crippen molar-refractivity contribution < 1.29 is 4.79 Å². The summed E-state index contributed by atoms with van der Waals surface area (Å²) < 4.78 is 0.558. The number of anilines is 2. The molecule has 0 spiro atoms. The number of pyridine rings is 1. The molecule has 0 fully saturated rings. The molecule has 2 rings (SSSR count). The lowest BCUT2D eigenvalue weighted by molar-refractivity contribution is 0.102. The molecular weight excluding hydrogens is 318 g/mol. The number of nitrogens with two attached hydrogens (primary N) is 1. The van der Waals surface area contributed by atoms with Gasteiger partial charge < -0.3 is 11.1 Å². The van der Waals surface area contributed by atoms with E-state index in [1.165, 1.54) is 6.20 Å². The van der Waals surface area contributed by atoms with Crippen LogP contribution in [-0.4, -0.2) is 10.9 Å². The lowest BCUT2D eigenvalue weighted by atomic mass is 10.2. The highest BCUT2D eigenvalue weighted by atomic mass is 79.9. The largest absolute Gasteiger partial charge is 0.398 e. The highest BCUT2D eigenvalue weighted by molar-refractivity contribution is 9.10. The minimum atomic E-state index is -0.302. The van der Waals surface area contributed by atoms with Crippen LogP contribution in [0, 0.1) is 0 Å². The second-order valence-electron chi connectivity index (χ2n) is 3.52. The van der Waals surface area contributed by atoms with Gasteiger partial charge in [-0.15, -0.1) is 0 Å². The normalized spacial score (nSPS) is 10.1. The average Bonchev–Trinajstić information content (AvgIpc) is 2.35. The number of rotatable bonds is 2. The summed E-state index contributed by atoms with van der Waals surface area (Å²) in [6, 6.07) is 6.68. The Bertz CT molecular complexity index is 604. The van der Waals surface area contributed by atoms with E-state index >= 15 is 0 Å². The molecular formula is C12H9BrClN3O. The number of nitrogen functional groups attached to an aromatic ring is 1. The van der Waals surface area contributed by atoms with Crippen LogP contribution < -0.4 is 11.1 Å². The first-order valence-electron chi connectivity index (χ1n) is 5.04. The molecule has 0 bridgehead atoms. The Morgan fingerprint density at radius 1 is 1.39 bits per heavy atom. The third-order valence-electron chi connectivity index (χ3n) is 2.29. The number of amides is 1. The van der Waals surface area contributed by atoms with Crippen LogP contribution in [0.2, 0.25) is 5.02 Å². The van der Waals surface area contributed by atoms with E-state index in [2.05, 4.69) is 26.2 Å². The molecule has 6 heteroatoms. The minimum absolute atomic E-state index is 0.302. The molecule has 0 saturated heterocycles. The van der Waals surface area contributed by atoms with Gasteiger partial charge in [-0.05, 0) is 34.1 Å². The third-order valence-corrected chi connectivity index (χ3v) is 3.50. The van der Waals surface area contributed by atoms with E-state index in [1.54, 1.807) is 30.5 Å². The van der Waals surface area contributed by atoms with Crippen LogP contribution >= 0.6 is 27.5 Å². The number of hydrogen-bond donors (Lipinski definition) is 2. The second kappa shape index (κ2) is 5.37. The van der Waals surface area contributed by atoms with Gasteiger partial charge in [0.2, 0.25) is 0 Å². The van der Waals surface area contributed by atoms with Crippen molar-refractivity contribution in [3.05, 3.63) is 51.7 Å². The first kappa shape index (κ1) is 12.9. The van der Waals surface area contributed by atoms with E-state index < -0.39 is 0 Å². The first-order chi connectivity index (χ1) is 8.59. The molecule has 0 aliphatic heterocycles. The third kappa shape index (κ3) is 2.63. The van der Waals surface area contributed by atoms with E-state index in [0.29, 0.717) is 26.4 Å². The fraction of sp³-hybridized carbons (Fsp3) is 0. The van der Waals surface area contributed by atoms with Crippen LogP contribution in [0.1, 0.15) is 10.4 Å². The van der Waals surface area contributed by atoms with Gasteiger partial charge >= 0.3 is 0 Å². The fourth-order valence-electron chi connectivity index (χ4n) is 1.38. The van der Waals surface area contributed by atoms with Crippen LogP contribution in [0.15, 0.2) is 41.1 Å². The van der Waals surface area contributed by atoms with Gasteiger partial charge in [0, 0.05) is 11.9 Å². The molecule has 0 aliphatic carbocycles. The van der Waals surface area contributed by atoms with Crippen LogP contribution in [0.5, 0.6) is 0 Å². The topological polar surface area (TPSA) is 68.0 Å². The Morgan fingerprint density at radius 3 is 2.89 bits per heavy atom. The van der Waals surface area contributed by atoms with E-state index in [-0.39, 0.29) is 5.91 Å². The predicted octanol–water partition coefficient (Wildman–Crippen LogP) is 3.33. The Balaban J connectivity index is 2.28. The summed E-state index contributed by atoms with van der Waals surface area (Å²) in [5.74, 6) is -0.302. The number of nitrogens with zero attached hydrogens (tertiary/aromatic N) is 1. The molecule has 4 nitrogen and oxygen atoms in total. The molecule has 92 valence electrons. The molecule has 1 amide bonds. The van der Waals surface area contributed by atoms with Gasteiger partial charge in [0.25, 0.3) is 5.91 Å². The van der Waals surface area contributed by atoms with Crippen molar-refractivity contribution in [2.45, 2.75) is 0 Å². The molecule has 0 unspecified atom stereocenters. The summed E-state index contributed by atoms with van der Waals surface area (Å²) in [6.07, 6.45) is 3.04. The van der Waals surface area contributed by atoms with Gasteiger partial charge in [-0.3, -0.25) is 9.78 Å². The average molecular weight is 327 g/mol. The Morgan fingerprint density at radius 2 is 2.17 bits per heavy atom. The van der Waals surface area contributed by atoms with Gasteiger partial charge in [0.05, 0.1) is 26.9 Å². The number of hydrogen-bond acceptors (Lipinski definition) is 3. The van der Waals surface area contributed by atoms with Crippen molar-refractivity contribution in [2.24, 2.45) is 0 Å². The molecule has 1 aromatic carbocycles. The van der Waals surface area contributed by atoms with Crippen molar-refractivity contribution in [2.75, 3.05) is 11.1 Å². The summed E-state index contributed by atoms with van der Waals surface area (Å²) in [6.45, 7) is 0. The number of nitrogens with one attached hydrogen (secondary N) is 1. The fourth-order valence-corrected chi connectivity index (χ4v) is 1.98. The van der Waals surface area contributed by atoms with Crippen molar-refractivity contribution in [3.8, 4) is 0 Å². The Hall–Kier alpha value is -1.59. The van der Waals surface area contributed by atoms with Crippen molar-refractivity contribution in [3.63, 3.8) is 0 Å². The molecule has 0 aliphatic rings. The second-order valence-corrected chi connectivity index (χ2v) is 4.72. The Labute approximate surface area is 117 Å². The molecule has 0 radical (unpaired) electrons. The molecule has 1 aromatic heterocycles. The molecule has 18 heavy (non-hydrogen) atoms. The number of carbonyl (C=O) groups excluding carboxylic acids is 1.